The number of hydrogen-bond donors (Lipinski definition) is 2. The van der Waals surface area contributed by atoms with Gasteiger partial charge in [0.1, 0.15) is 5.69 Å². The molecule has 0 amide bonds. The fourth-order valence-corrected chi connectivity index (χ4v) is 4.59. The first kappa shape index (κ1) is 21.9. The topological polar surface area (TPSA) is 107 Å². The van der Waals surface area contributed by atoms with E-state index >= 15 is 0 Å². The lowest BCUT2D eigenvalue weighted by molar-refractivity contribution is -0.101. The van der Waals surface area contributed by atoms with Crippen LogP contribution in [0.25, 0.3) is 0 Å². The number of halogens is 2. The van der Waals surface area contributed by atoms with Crippen LogP contribution in [-0.4, -0.2) is 61.2 Å². The zero-order chi connectivity index (χ0) is 22.6. The summed E-state index contributed by atoms with van der Waals surface area (Å²) in [6.45, 7) is 1.88. The minimum atomic E-state index is 0.126. The van der Waals surface area contributed by atoms with Gasteiger partial charge in [-0.15, -0.1) is 5.10 Å². The molecular formula is C21H23Cl2N9O. The Bertz CT molecular complexity index is 1090. The zero-order valence-electron chi connectivity index (χ0n) is 17.8. The number of aromatic nitrogens is 5. The highest BCUT2D eigenvalue weighted by Gasteiger charge is 2.33. The summed E-state index contributed by atoms with van der Waals surface area (Å²) in [5.41, 5.74) is 2.68. The molecule has 12 heteroatoms. The second kappa shape index (κ2) is 9.90. The van der Waals surface area contributed by atoms with Gasteiger partial charge in [-0.25, -0.2) is 9.97 Å². The molecule has 1 fully saturated rings. The number of anilines is 1. The highest BCUT2D eigenvalue weighted by Crippen LogP contribution is 2.32. The van der Waals surface area contributed by atoms with Crippen molar-refractivity contribution in [3.63, 3.8) is 0 Å². The Labute approximate surface area is 200 Å². The maximum atomic E-state index is 6.05. The van der Waals surface area contributed by atoms with E-state index in [1.807, 2.05) is 17.3 Å². The van der Waals surface area contributed by atoms with E-state index in [9.17, 15) is 0 Å². The second-order valence-corrected chi connectivity index (χ2v) is 8.74. The molecule has 33 heavy (non-hydrogen) atoms. The standard InChI is InChI=1S/C21H23Cl2N9O/c22-16-7-14(8-17(23)9-16)4-5-24-21-25-10-15(11-26-21)20-29-32(13-33-20)31-6-2-1-3-19(31)18-12-27-30-28-18/h7-12,19H,1-6,13H2,(H,24,25,26)(H,27,28,30). The quantitative estimate of drug-likeness (QED) is 0.519. The van der Waals surface area contributed by atoms with Gasteiger partial charge in [-0.1, -0.05) is 29.6 Å². The van der Waals surface area contributed by atoms with Crippen LogP contribution in [0.5, 0.6) is 0 Å². The van der Waals surface area contributed by atoms with Gasteiger partial charge in [-0.3, -0.25) is 0 Å². The van der Waals surface area contributed by atoms with Crippen molar-refractivity contribution in [1.29, 1.82) is 0 Å². The third kappa shape index (κ3) is 5.18. The predicted molar refractivity (Wildman–Crippen MR) is 125 cm³/mol. The van der Waals surface area contributed by atoms with Gasteiger partial charge in [0.05, 0.1) is 17.8 Å². The van der Waals surface area contributed by atoms with Gasteiger partial charge in [-0.05, 0) is 43.0 Å². The van der Waals surface area contributed by atoms with E-state index in [-0.39, 0.29) is 6.04 Å². The number of ether oxygens (including phenoxy) is 1. The summed E-state index contributed by atoms with van der Waals surface area (Å²) in [7, 11) is 0. The molecular weight excluding hydrogens is 465 g/mol. The van der Waals surface area contributed by atoms with E-state index in [4.69, 9.17) is 27.9 Å². The molecule has 5 rings (SSSR count). The molecule has 0 saturated carbocycles. The number of aromatic amines is 1. The highest BCUT2D eigenvalue weighted by molar-refractivity contribution is 6.34. The first-order valence-electron chi connectivity index (χ1n) is 10.8. The van der Waals surface area contributed by atoms with Gasteiger partial charge in [0.15, 0.2) is 6.73 Å². The molecule has 0 spiro atoms. The summed E-state index contributed by atoms with van der Waals surface area (Å²) in [6, 6.07) is 5.64. The van der Waals surface area contributed by atoms with E-state index in [0.29, 0.717) is 35.2 Å². The lowest BCUT2D eigenvalue weighted by Gasteiger charge is -2.37. The second-order valence-electron chi connectivity index (χ2n) is 7.87. The van der Waals surface area contributed by atoms with Gasteiger partial charge in [-0.2, -0.15) is 25.5 Å². The zero-order valence-corrected chi connectivity index (χ0v) is 19.3. The summed E-state index contributed by atoms with van der Waals surface area (Å²) in [5.74, 6) is 1.03. The first-order chi connectivity index (χ1) is 16.2. The molecule has 1 aromatic carbocycles. The van der Waals surface area contributed by atoms with E-state index in [1.165, 1.54) is 0 Å². The Morgan fingerprint density at radius 3 is 2.67 bits per heavy atom. The lowest BCUT2D eigenvalue weighted by atomic mass is 10.0. The molecule has 2 aliphatic rings. The highest BCUT2D eigenvalue weighted by atomic mass is 35.5. The van der Waals surface area contributed by atoms with Crippen LogP contribution in [0, 0.1) is 0 Å². The largest absolute Gasteiger partial charge is 0.452 e. The average Bonchev–Trinajstić information content (AvgIpc) is 3.52. The molecule has 0 bridgehead atoms. The van der Waals surface area contributed by atoms with Crippen molar-refractivity contribution in [1.82, 2.24) is 35.5 Å². The van der Waals surface area contributed by atoms with E-state index < -0.39 is 0 Å². The maximum Gasteiger partial charge on any atom is 0.244 e. The fourth-order valence-electron chi connectivity index (χ4n) is 4.02. The predicted octanol–water partition coefficient (Wildman–Crippen LogP) is 3.65. The van der Waals surface area contributed by atoms with Crippen molar-refractivity contribution < 1.29 is 4.74 Å². The summed E-state index contributed by atoms with van der Waals surface area (Å²) in [6.07, 6.45) is 9.17. The number of H-pyrrole nitrogens is 1. The van der Waals surface area contributed by atoms with Gasteiger partial charge < -0.3 is 10.1 Å². The van der Waals surface area contributed by atoms with Gasteiger partial charge in [0, 0.05) is 35.5 Å². The fraction of sp³-hybridized carbons (Fsp3) is 0.381. The van der Waals surface area contributed by atoms with Crippen LogP contribution >= 0.6 is 23.2 Å². The van der Waals surface area contributed by atoms with Gasteiger partial charge >= 0.3 is 0 Å². The third-order valence-corrected chi connectivity index (χ3v) is 6.02. The Hall–Kier alpha value is -2.95. The molecule has 1 saturated heterocycles. The van der Waals surface area contributed by atoms with Crippen molar-refractivity contribution in [2.45, 2.75) is 31.7 Å². The molecule has 172 valence electrons. The van der Waals surface area contributed by atoms with E-state index in [1.54, 1.807) is 24.7 Å². The number of piperidine rings is 1. The Balaban J connectivity index is 1.20. The minimum Gasteiger partial charge on any atom is -0.452 e. The van der Waals surface area contributed by atoms with Crippen molar-refractivity contribution in [3.05, 3.63) is 63.7 Å². The summed E-state index contributed by atoms with van der Waals surface area (Å²) >= 11 is 12.1. The van der Waals surface area contributed by atoms with Crippen LogP contribution in [0.2, 0.25) is 10.0 Å². The average molecular weight is 488 g/mol. The Kier molecular flexibility index (Phi) is 6.56. The third-order valence-electron chi connectivity index (χ3n) is 5.59. The lowest BCUT2D eigenvalue weighted by Crippen LogP contribution is -2.43. The smallest absolute Gasteiger partial charge is 0.244 e. The number of hydrogen-bond acceptors (Lipinski definition) is 9. The molecule has 3 aromatic rings. The molecule has 0 aliphatic carbocycles. The SMILES string of the molecule is Clc1cc(Cl)cc(CCNc2ncc(C3=NN(N4CCCCC4c4cn[nH]n4)CO3)cn2)c1. The van der Waals surface area contributed by atoms with Crippen LogP contribution < -0.4 is 5.32 Å². The number of hydrazine groups is 1. The molecule has 1 unspecified atom stereocenters. The van der Waals surface area contributed by atoms with Crippen LogP contribution in [-0.2, 0) is 11.2 Å². The number of rotatable bonds is 7. The van der Waals surface area contributed by atoms with Crippen molar-refractivity contribution in [2.75, 3.05) is 25.1 Å². The number of nitrogens with one attached hydrogen (secondary N) is 2. The minimum absolute atomic E-state index is 0.126. The molecule has 4 heterocycles. The van der Waals surface area contributed by atoms with Gasteiger partial charge in [0.25, 0.3) is 0 Å². The Morgan fingerprint density at radius 1 is 1.09 bits per heavy atom. The maximum absolute atomic E-state index is 6.05. The molecule has 10 nitrogen and oxygen atoms in total. The van der Waals surface area contributed by atoms with Crippen molar-refractivity contribution in [3.8, 4) is 0 Å². The molecule has 2 aromatic heterocycles. The monoisotopic (exact) mass is 487 g/mol. The summed E-state index contributed by atoms with van der Waals surface area (Å²) < 4.78 is 5.84. The molecule has 0 radical (unpaired) electrons. The van der Waals surface area contributed by atoms with Gasteiger partial charge in [0.2, 0.25) is 11.8 Å². The normalized spacial score (nSPS) is 18.8. The van der Waals surface area contributed by atoms with Crippen LogP contribution in [0.4, 0.5) is 5.95 Å². The molecule has 2 aliphatic heterocycles. The molecule has 1 atom stereocenters. The van der Waals surface area contributed by atoms with Crippen LogP contribution in [0.3, 0.4) is 0 Å². The number of hydrazone groups is 1. The summed E-state index contributed by atoms with van der Waals surface area (Å²) in [5, 5.41) is 24.1. The number of benzene rings is 1. The van der Waals surface area contributed by atoms with Crippen LogP contribution in [0.15, 0.2) is 41.9 Å². The first-order valence-corrected chi connectivity index (χ1v) is 11.5. The Morgan fingerprint density at radius 2 is 1.91 bits per heavy atom. The van der Waals surface area contributed by atoms with Crippen molar-refractivity contribution >= 4 is 35.0 Å². The summed E-state index contributed by atoms with van der Waals surface area (Å²) in [4.78, 5) is 8.79. The molecule has 2 N–H and O–H groups in total. The van der Waals surface area contributed by atoms with E-state index in [0.717, 1.165) is 49.0 Å². The van der Waals surface area contributed by atoms with Crippen LogP contribution in [0.1, 0.15) is 42.1 Å². The number of nitrogens with zero attached hydrogens (tertiary/aromatic N) is 7. The van der Waals surface area contributed by atoms with Crippen molar-refractivity contribution in [2.24, 2.45) is 5.10 Å². The van der Waals surface area contributed by atoms with E-state index in [2.05, 4.69) is 40.8 Å².